The van der Waals surface area contributed by atoms with Gasteiger partial charge in [-0.2, -0.15) is 0 Å². The van der Waals surface area contributed by atoms with E-state index in [1.54, 1.807) is 0 Å². The molecule has 3 aromatic rings. The van der Waals surface area contributed by atoms with Crippen molar-refractivity contribution in [3.63, 3.8) is 0 Å². The average Bonchev–Trinajstić information content (AvgIpc) is 2.74. The molecular formula is C16H16N2S. The molecule has 0 saturated carbocycles. The van der Waals surface area contributed by atoms with Crippen LogP contribution in [-0.2, 0) is 6.54 Å². The molecule has 2 N–H and O–H groups in total. The van der Waals surface area contributed by atoms with Gasteiger partial charge < -0.3 is 10.3 Å². The van der Waals surface area contributed by atoms with Gasteiger partial charge >= 0.3 is 0 Å². The molecule has 0 saturated heterocycles. The van der Waals surface area contributed by atoms with E-state index in [9.17, 15) is 0 Å². The summed E-state index contributed by atoms with van der Waals surface area (Å²) in [6.45, 7) is 0.950. The van der Waals surface area contributed by atoms with Gasteiger partial charge in [-0.25, -0.2) is 0 Å². The molecule has 0 atom stereocenters. The predicted molar refractivity (Wildman–Crippen MR) is 85.5 cm³/mol. The van der Waals surface area contributed by atoms with Crippen LogP contribution in [-0.4, -0.2) is 9.56 Å². The van der Waals surface area contributed by atoms with Crippen LogP contribution >= 0.6 is 12.2 Å². The van der Waals surface area contributed by atoms with E-state index in [1.165, 1.54) is 21.8 Å². The first-order valence-corrected chi connectivity index (χ1v) is 6.92. The minimum absolute atomic E-state index is 0.598. The molecule has 0 aliphatic heterocycles. The molecule has 1 heterocycles. The van der Waals surface area contributed by atoms with Gasteiger partial charge in [0, 0.05) is 28.4 Å². The molecule has 3 heteroatoms. The Morgan fingerprint density at radius 1 is 0.947 bits per heavy atom. The Balaban J connectivity index is 2.11. The molecular weight excluding hydrogens is 252 g/mol. The Hall–Kier alpha value is -1.87. The lowest BCUT2D eigenvalue weighted by atomic mass is 10.2. The molecule has 2 nitrogen and oxygen atoms in total. The van der Waals surface area contributed by atoms with Crippen molar-refractivity contribution in [2.24, 2.45) is 5.73 Å². The minimum atomic E-state index is 0.598. The normalized spacial score (nSPS) is 11.2. The van der Waals surface area contributed by atoms with Gasteiger partial charge in [0.05, 0.1) is 4.99 Å². The topological polar surface area (TPSA) is 30.9 Å². The number of nitrogens with zero attached hydrogens (tertiary/aromatic N) is 1. The van der Waals surface area contributed by atoms with Crippen LogP contribution in [0.1, 0.15) is 12.8 Å². The average molecular weight is 268 g/mol. The molecule has 0 amide bonds. The zero-order chi connectivity index (χ0) is 13.2. The van der Waals surface area contributed by atoms with E-state index in [0.717, 1.165) is 19.4 Å². The molecule has 0 aliphatic rings. The summed E-state index contributed by atoms with van der Waals surface area (Å²) < 4.78 is 2.36. The second kappa shape index (κ2) is 5.02. The number of para-hydroxylation sites is 2. The molecule has 2 aromatic carbocycles. The van der Waals surface area contributed by atoms with Crippen molar-refractivity contribution in [3.8, 4) is 0 Å². The number of nitrogens with two attached hydrogens (primary N) is 1. The Bertz CT molecular complexity index is 689. The van der Waals surface area contributed by atoms with Crippen molar-refractivity contribution < 1.29 is 0 Å². The minimum Gasteiger partial charge on any atom is -0.393 e. The number of hydrogen-bond donors (Lipinski definition) is 1. The van der Waals surface area contributed by atoms with Gasteiger partial charge in [-0.05, 0) is 25.0 Å². The Labute approximate surface area is 117 Å². The summed E-state index contributed by atoms with van der Waals surface area (Å²) in [6.07, 6.45) is 1.79. The van der Waals surface area contributed by atoms with E-state index in [1.807, 2.05) is 0 Å². The Morgan fingerprint density at radius 2 is 1.47 bits per heavy atom. The number of fused-ring (bicyclic) bond motifs is 3. The number of hydrogen-bond acceptors (Lipinski definition) is 1. The fourth-order valence-electron chi connectivity index (χ4n) is 2.66. The SMILES string of the molecule is NC(=S)CCCn1c2ccccc2c2ccccc21. The van der Waals surface area contributed by atoms with Gasteiger partial charge in [0.2, 0.25) is 0 Å². The second-order valence-corrected chi connectivity index (χ2v) is 5.28. The zero-order valence-electron chi connectivity index (χ0n) is 10.7. The van der Waals surface area contributed by atoms with E-state index in [0.29, 0.717) is 4.99 Å². The smallest absolute Gasteiger partial charge is 0.0728 e. The predicted octanol–water partition coefficient (Wildman–Crippen LogP) is 3.86. The standard InChI is InChI=1S/C16H16N2S/c17-16(19)10-5-11-18-14-8-3-1-6-12(14)13-7-2-4-9-15(13)18/h1-4,6-9H,5,10-11H2,(H2,17,19). The first-order chi connectivity index (χ1) is 9.27. The van der Waals surface area contributed by atoms with Crippen LogP contribution in [0, 0.1) is 0 Å². The molecule has 0 spiro atoms. The first kappa shape index (κ1) is 12.2. The van der Waals surface area contributed by atoms with Crippen molar-refractivity contribution in [1.82, 2.24) is 4.57 Å². The fraction of sp³-hybridized carbons (Fsp3) is 0.188. The number of aryl methyl sites for hydroxylation is 1. The monoisotopic (exact) mass is 268 g/mol. The van der Waals surface area contributed by atoms with Crippen LogP contribution < -0.4 is 5.73 Å². The van der Waals surface area contributed by atoms with Gasteiger partial charge in [-0.1, -0.05) is 48.6 Å². The van der Waals surface area contributed by atoms with Crippen LogP contribution in [0.15, 0.2) is 48.5 Å². The van der Waals surface area contributed by atoms with E-state index in [2.05, 4.69) is 53.1 Å². The lowest BCUT2D eigenvalue weighted by Crippen LogP contribution is -2.09. The third-order valence-electron chi connectivity index (χ3n) is 3.48. The number of benzene rings is 2. The molecule has 96 valence electrons. The third kappa shape index (κ3) is 2.22. The molecule has 1 aromatic heterocycles. The maximum absolute atomic E-state index is 5.58. The van der Waals surface area contributed by atoms with Crippen molar-refractivity contribution in [2.75, 3.05) is 0 Å². The summed E-state index contributed by atoms with van der Waals surface area (Å²) in [5.74, 6) is 0. The van der Waals surface area contributed by atoms with E-state index in [4.69, 9.17) is 18.0 Å². The fourth-order valence-corrected chi connectivity index (χ4v) is 2.80. The molecule has 0 fully saturated rings. The summed E-state index contributed by atoms with van der Waals surface area (Å²) in [5.41, 5.74) is 8.15. The molecule has 3 rings (SSSR count). The van der Waals surface area contributed by atoms with E-state index >= 15 is 0 Å². The van der Waals surface area contributed by atoms with Gasteiger partial charge in [0.25, 0.3) is 0 Å². The van der Waals surface area contributed by atoms with E-state index < -0.39 is 0 Å². The summed E-state index contributed by atoms with van der Waals surface area (Å²) >= 11 is 4.95. The van der Waals surface area contributed by atoms with Crippen LogP contribution in [0.5, 0.6) is 0 Å². The molecule has 19 heavy (non-hydrogen) atoms. The quantitative estimate of drug-likeness (QED) is 0.728. The summed E-state index contributed by atoms with van der Waals surface area (Å²) in [4.78, 5) is 0.598. The largest absolute Gasteiger partial charge is 0.393 e. The van der Waals surface area contributed by atoms with Gasteiger partial charge in [-0.15, -0.1) is 0 Å². The van der Waals surface area contributed by atoms with Crippen LogP contribution in [0.3, 0.4) is 0 Å². The van der Waals surface area contributed by atoms with Crippen molar-refractivity contribution in [3.05, 3.63) is 48.5 Å². The van der Waals surface area contributed by atoms with Crippen LogP contribution in [0.25, 0.3) is 21.8 Å². The summed E-state index contributed by atoms with van der Waals surface area (Å²) in [5, 5.41) is 2.63. The number of thiocarbonyl (C=S) groups is 1. The summed E-state index contributed by atoms with van der Waals surface area (Å²) in [6, 6.07) is 17.1. The molecule has 0 aliphatic carbocycles. The second-order valence-electron chi connectivity index (χ2n) is 4.76. The molecule has 0 bridgehead atoms. The van der Waals surface area contributed by atoms with Gasteiger partial charge in [0.15, 0.2) is 0 Å². The zero-order valence-corrected chi connectivity index (χ0v) is 11.5. The van der Waals surface area contributed by atoms with Crippen LogP contribution in [0.4, 0.5) is 0 Å². The van der Waals surface area contributed by atoms with Crippen molar-refractivity contribution >= 4 is 39.0 Å². The van der Waals surface area contributed by atoms with Gasteiger partial charge in [-0.3, -0.25) is 0 Å². The first-order valence-electron chi connectivity index (χ1n) is 6.51. The number of rotatable bonds is 4. The highest BCUT2D eigenvalue weighted by molar-refractivity contribution is 7.80. The van der Waals surface area contributed by atoms with Crippen LogP contribution in [0.2, 0.25) is 0 Å². The maximum Gasteiger partial charge on any atom is 0.0728 e. The summed E-state index contributed by atoms with van der Waals surface area (Å²) in [7, 11) is 0. The number of aromatic nitrogens is 1. The highest BCUT2D eigenvalue weighted by Crippen LogP contribution is 2.28. The maximum atomic E-state index is 5.58. The van der Waals surface area contributed by atoms with Crippen molar-refractivity contribution in [2.45, 2.75) is 19.4 Å². The Kier molecular flexibility index (Phi) is 3.22. The Morgan fingerprint density at radius 3 is 2.00 bits per heavy atom. The highest BCUT2D eigenvalue weighted by Gasteiger charge is 2.08. The molecule has 0 unspecified atom stereocenters. The van der Waals surface area contributed by atoms with Crippen molar-refractivity contribution in [1.29, 1.82) is 0 Å². The lowest BCUT2D eigenvalue weighted by molar-refractivity contribution is 0.699. The van der Waals surface area contributed by atoms with E-state index in [-0.39, 0.29) is 0 Å². The highest BCUT2D eigenvalue weighted by atomic mass is 32.1. The molecule has 0 radical (unpaired) electrons. The lowest BCUT2D eigenvalue weighted by Gasteiger charge is -2.06. The van der Waals surface area contributed by atoms with Gasteiger partial charge in [0.1, 0.15) is 0 Å². The third-order valence-corrected chi connectivity index (χ3v) is 3.69.